The standard InChI is InChI=1S/C16H22N6O2S/c1-4-22-11(3)13(10(2)20-22)15(24)21-7-5-12(6-8-21)14(23)18-16-19-17-9-25-16/h9,12H,4-8H2,1-3H3,(H,18,19,23). The highest BCUT2D eigenvalue weighted by Crippen LogP contribution is 2.23. The number of carbonyl (C=O) groups excluding carboxylic acids is 2. The Kier molecular flexibility index (Phi) is 5.12. The van der Waals surface area contributed by atoms with E-state index in [0.29, 0.717) is 36.6 Å². The van der Waals surface area contributed by atoms with Gasteiger partial charge >= 0.3 is 0 Å². The molecule has 8 nitrogen and oxygen atoms in total. The molecule has 2 aromatic rings. The van der Waals surface area contributed by atoms with Gasteiger partial charge < -0.3 is 10.2 Å². The van der Waals surface area contributed by atoms with Crippen LogP contribution >= 0.6 is 11.3 Å². The summed E-state index contributed by atoms with van der Waals surface area (Å²) in [5, 5.41) is 15.3. The first-order valence-corrected chi connectivity index (χ1v) is 9.29. The van der Waals surface area contributed by atoms with Gasteiger partial charge in [-0.05, 0) is 33.6 Å². The molecule has 1 saturated heterocycles. The van der Waals surface area contributed by atoms with Crippen LogP contribution in [0, 0.1) is 19.8 Å². The van der Waals surface area contributed by atoms with E-state index in [9.17, 15) is 9.59 Å². The number of rotatable bonds is 4. The van der Waals surface area contributed by atoms with E-state index in [1.54, 1.807) is 5.51 Å². The lowest BCUT2D eigenvalue weighted by Gasteiger charge is -2.31. The number of likely N-dealkylation sites (tertiary alicyclic amines) is 1. The Hall–Kier alpha value is -2.29. The maximum atomic E-state index is 12.9. The number of aromatic nitrogens is 4. The first-order valence-electron chi connectivity index (χ1n) is 8.41. The number of nitrogens with one attached hydrogen (secondary N) is 1. The molecule has 3 rings (SSSR count). The fourth-order valence-electron chi connectivity index (χ4n) is 3.25. The molecule has 25 heavy (non-hydrogen) atoms. The lowest BCUT2D eigenvalue weighted by molar-refractivity contribution is -0.121. The zero-order valence-electron chi connectivity index (χ0n) is 14.7. The molecule has 0 atom stereocenters. The molecule has 0 unspecified atom stereocenters. The van der Waals surface area contributed by atoms with E-state index >= 15 is 0 Å². The Bertz CT molecular complexity index is 762. The van der Waals surface area contributed by atoms with Gasteiger partial charge in [-0.1, -0.05) is 11.3 Å². The number of carbonyl (C=O) groups is 2. The molecule has 134 valence electrons. The Morgan fingerprint density at radius 3 is 2.60 bits per heavy atom. The number of aryl methyl sites for hydroxylation is 2. The Morgan fingerprint density at radius 2 is 2.04 bits per heavy atom. The number of amides is 2. The number of piperidine rings is 1. The van der Waals surface area contributed by atoms with Crippen molar-refractivity contribution >= 4 is 28.3 Å². The minimum atomic E-state index is -0.103. The van der Waals surface area contributed by atoms with Gasteiger partial charge in [-0.2, -0.15) is 5.10 Å². The number of hydrogen-bond acceptors (Lipinski definition) is 6. The van der Waals surface area contributed by atoms with Crippen molar-refractivity contribution in [1.82, 2.24) is 24.9 Å². The fourth-order valence-corrected chi connectivity index (χ4v) is 3.70. The van der Waals surface area contributed by atoms with Crippen molar-refractivity contribution in [3.8, 4) is 0 Å². The summed E-state index contributed by atoms with van der Waals surface area (Å²) in [6.45, 7) is 7.70. The van der Waals surface area contributed by atoms with Crippen molar-refractivity contribution in [3.63, 3.8) is 0 Å². The van der Waals surface area contributed by atoms with Gasteiger partial charge in [-0.3, -0.25) is 14.3 Å². The average molecular weight is 362 g/mol. The summed E-state index contributed by atoms with van der Waals surface area (Å²) in [4.78, 5) is 27.0. The second-order valence-electron chi connectivity index (χ2n) is 6.16. The van der Waals surface area contributed by atoms with Crippen LogP contribution in [0.5, 0.6) is 0 Å². The molecular formula is C16H22N6O2S. The second-order valence-corrected chi connectivity index (χ2v) is 6.99. The topological polar surface area (TPSA) is 93.0 Å². The van der Waals surface area contributed by atoms with E-state index in [0.717, 1.165) is 17.9 Å². The summed E-state index contributed by atoms with van der Waals surface area (Å²) in [5.74, 6) is -0.138. The van der Waals surface area contributed by atoms with E-state index in [-0.39, 0.29) is 17.7 Å². The highest BCUT2D eigenvalue weighted by Gasteiger charge is 2.30. The monoisotopic (exact) mass is 362 g/mol. The predicted octanol–water partition coefficient (Wildman–Crippen LogP) is 1.86. The third-order valence-corrected chi connectivity index (χ3v) is 5.24. The molecule has 0 aliphatic carbocycles. The van der Waals surface area contributed by atoms with E-state index in [1.807, 2.05) is 30.4 Å². The summed E-state index contributed by atoms with van der Waals surface area (Å²) >= 11 is 1.30. The summed E-state index contributed by atoms with van der Waals surface area (Å²) in [7, 11) is 0. The first-order chi connectivity index (χ1) is 12.0. The minimum Gasteiger partial charge on any atom is -0.338 e. The van der Waals surface area contributed by atoms with Gasteiger partial charge in [0.15, 0.2) is 0 Å². The van der Waals surface area contributed by atoms with Crippen LogP contribution in [0.25, 0.3) is 0 Å². The Morgan fingerprint density at radius 1 is 1.32 bits per heavy atom. The normalized spacial score (nSPS) is 15.4. The third-order valence-electron chi connectivity index (χ3n) is 4.64. The van der Waals surface area contributed by atoms with Crippen LogP contribution in [0.4, 0.5) is 5.13 Å². The van der Waals surface area contributed by atoms with Gasteiger partial charge in [0, 0.05) is 31.2 Å². The first kappa shape index (κ1) is 17.5. The molecule has 0 saturated carbocycles. The Labute approximate surface area is 150 Å². The predicted molar refractivity (Wildman–Crippen MR) is 94.5 cm³/mol. The third kappa shape index (κ3) is 3.55. The summed E-state index contributed by atoms with van der Waals surface area (Å²) in [6, 6.07) is 0. The summed E-state index contributed by atoms with van der Waals surface area (Å²) in [5.41, 5.74) is 3.94. The van der Waals surface area contributed by atoms with Crippen LogP contribution in [0.2, 0.25) is 0 Å². The van der Waals surface area contributed by atoms with Crippen LogP contribution in [-0.4, -0.2) is 49.8 Å². The molecule has 0 spiro atoms. The maximum absolute atomic E-state index is 12.9. The molecular weight excluding hydrogens is 340 g/mol. The molecule has 1 aliphatic rings. The molecule has 3 heterocycles. The molecule has 1 N–H and O–H groups in total. The Balaban J connectivity index is 1.61. The van der Waals surface area contributed by atoms with Crippen molar-refractivity contribution in [2.45, 2.75) is 40.2 Å². The number of hydrogen-bond donors (Lipinski definition) is 1. The van der Waals surface area contributed by atoms with Gasteiger partial charge in [-0.25, -0.2) is 0 Å². The van der Waals surface area contributed by atoms with Crippen molar-refractivity contribution in [2.24, 2.45) is 5.92 Å². The maximum Gasteiger partial charge on any atom is 0.257 e. The van der Waals surface area contributed by atoms with Gasteiger partial charge in [0.25, 0.3) is 5.91 Å². The zero-order chi connectivity index (χ0) is 18.0. The fraction of sp³-hybridized carbons (Fsp3) is 0.562. The molecule has 2 amide bonds. The van der Waals surface area contributed by atoms with Crippen molar-refractivity contribution in [3.05, 3.63) is 22.5 Å². The van der Waals surface area contributed by atoms with Gasteiger partial charge in [0.2, 0.25) is 11.0 Å². The van der Waals surface area contributed by atoms with Crippen LogP contribution in [-0.2, 0) is 11.3 Å². The number of anilines is 1. The van der Waals surface area contributed by atoms with E-state index < -0.39 is 0 Å². The zero-order valence-corrected chi connectivity index (χ0v) is 15.5. The smallest absolute Gasteiger partial charge is 0.257 e. The van der Waals surface area contributed by atoms with E-state index in [2.05, 4.69) is 20.6 Å². The van der Waals surface area contributed by atoms with E-state index in [4.69, 9.17) is 0 Å². The molecule has 1 aliphatic heterocycles. The van der Waals surface area contributed by atoms with Crippen LogP contribution in [0.3, 0.4) is 0 Å². The lowest BCUT2D eigenvalue weighted by atomic mass is 9.95. The van der Waals surface area contributed by atoms with Crippen LogP contribution in [0.1, 0.15) is 41.5 Å². The second kappa shape index (κ2) is 7.30. The highest BCUT2D eigenvalue weighted by atomic mass is 32.1. The minimum absolute atomic E-state index is 0.0117. The van der Waals surface area contributed by atoms with Crippen LogP contribution in [0.15, 0.2) is 5.51 Å². The SMILES string of the molecule is CCn1nc(C)c(C(=O)N2CCC(C(=O)Nc3nncs3)CC2)c1C. The van der Waals surface area contributed by atoms with Crippen molar-refractivity contribution < 1.29 is 9.59 Å². The quantitative estimate of drug-likeness (QED) is 0.896. The summed E-state index contributed by atoms with van der Waals surface area (Å²) in [6.07, 6.45) is 1.30. The van der Waals surface area contributed by atoms with Crippen molar-refractivity contribution in [1.29, 1.82) is 0 Å². The molecule has 2 aromatic heterocycles. The van der Waals surface area contributed by atoms with Crippen LogP contribution < -0.4 is 5.32 Å². The van der Waals surface area contributed by atoms with Gasteiger partial charge in [-0.15, -0.1) is 10.2 Å². The van der Waals surface area contributed by atoms with Gasteiger partial charge in [0.05, 0.1) is 11.3 Å². The largest absolute Gasteiger partial charge is 0.338 e. The average Bonchev–Trinajstić information content (AvgIpc) is 3.22. The lowest BCUT2D eigenvalue weighted by Crippen LogP contribution is -2.41. The van der Waals surface area contributed by atoms with Gasteiger partial charge in [0.1, 0.15) is 5.51 Å². The molecule has 1 fully saturated rings. The number of nitrogens with zero attached hydrogens (tertiary/aromatic N) is 5. The molecule has 9 heteroatoms. The van der Waals surface area contributed by atoms with E-state index in [1.165, 1.54) is 11.3 Å². The summed E-state index contributed by atoms with van der Waals surface area (Å²) < 4.78 is 1.85. The molecule has 0 aromatic carbocycles. The molecule has 0 radical (unpaired) electrons. The molecule has 0 bridgehead atoms. The highest BCUT2D eigenvalue weighted by molar-refractivity contribution is 7.13. The van der Waals surface area contributed by atoms with Crippen molar-refractivity contribution in [2.75, 3.05) is 18.4 Å².